The van der Waals surface area contributed by atoms with E-state index in [0.717, 1.165) is 15.3 Å². The van der Waals surface area contributed by atoms with E-state index in [1.807, 2.05) is 0 Å². The van der Waals surface area contributed by atoms with E-state index in [2.05, 4.69) is 0 Å². The molecule has 0 radical (unpaired) electrons. The molecule has 0 saturated carbocycles. The van der Waals surface area contributed by atoms with E-state index in [4.69, 9.17) is 4.74 Å². The van der Waals surface area contributed by atoms with Gasteiger partial charge in [0, 0.05) is 52.3 Å². The molecule has 2 fully saturated rings. The van der Waals surface area contributed by atoms with Gasteiger partial charge in [-0.3, -0.25) is 14.2 Å². The van der Waals surface area contributed by atoms with Gasteiger partial charge in [-0.05, 0) is 0 Å². The zero-order chi connectivity index (χ0) is 19.9. The summed E-state index contributed by atoms with van der Waals surface area (Å²) in [7, 11) is -1.53. The second-order valence-electron chi connectivity index (χ2n) is 7.04. The topological polar surface area (TPSA) is 111 Å². The van der Waals surface area contributed by atoms with Crippen molar-refractivity contribution < 1.29 is 17.9 Å². The molecule has 0 aliphatic carbocycles. The minimum absolute atomic E-state index is 0.0378. The summed E-state index contributed by atoms with van der Waals surface area (Å²) in [6.45, 7) is 3.06. The Bertz CT molecular complexity index is 966. The minimum atomic E-state index is -4.17. The van der Waals surface area contributed by atoms with Crippen LogP contribution in [0.25, 0.3) is 0 Å². The molecule has 27 heavy (non-hydrogen) atoms. The molecule has 1 aromatic heterocycles. The van der Waals surface area contributed by atoms with Gasteiger partial charge in [-0.1, -0.05) is 6.92 Å². The van der Waals surface area contributed by atoms with E-state index < -0.39 is 32.2 Å². The maximum Gasteiger partial charge on any atom is 0.330 e. The maximum absolute atomic E-state index is 13.3. The Balaban J connectivity index is 2.06. The van der Waals surface area contributed by atoms with Gasteiger partial charge in [-0.15, -0.1) is 0 Å². The van der Waals surface area contributed by atoms with Gasteiger partial charge in [0.2, 0.25) is 15.9 Å². The summed E-state index contributed by atoms with van der Waals surface area (Å²) in [5.74, 6) is -0.219. The second kappa shape index (κ2) is 7.21. The smallest absolute Gasteiger partial charge is 0.330 e. The van der Waals surface area contributed by atoms with Gasteiger partial charge in [0.1, 0.15) is 0 Å². The number of fused-ring (bicyclic) bond motifs is 3. The van der Waals surface area contributed by atoms with Crippen LogP contribution in [0.3, 0.4) is 0 Å². The number of hydrogen-bond donors (Lipinski definition) is 0. The Morgan fingerprint density at radius 2 is 1.89 bits per heavy atom. The van der Waals surface area contributed by atoms with Crippen molar-refractivity contribution >= 4 is 15.9 Å². The number of sulfonamides is 1. The standard InChI is InChI=1S/C16H24N4O6S/c1-4-14(21)19-5-11-6-20(12(7-19)10-26-9-11)27(24,25)13-8-17(2)16(23)18(3)15(13)22/h8,11-12H,4-7,9-10H2,1-3H3/t11-,12-/m0/s1. The van der Waals surface area contributed by atoms with Crippen LogP contribution in [0.15, 0.2) is 20.7 Å². The molecule has 0 N–H and O–H groups in total. The first kappa shape index (κ1) is 19.8. The summed E-state index contributed by atoms with van der Waals surface area (Å²) in [4.78, 5) is 37.8. The number of rotatable bonds is 3. The highest BCUT2D eigenvalue weighted by atomic mass is 32.2. The molecule has 0 unspecified atom stereocenters. The largest absolute Gasteiger partial charge is 0.379 e. The van der Waals surface area contributed by atoms with Crippen molar-refractivity contribution in [2.45, 2.75) is 24.3 Å². The number of aryl methyl sites for hydroxylation is 1. The predicted octanol–water partition coefficient (Wildman–Crippen LogP) is -1.66. The molecule has 2 aliphatic rings. The lowest BCUT2D eigenvalue weighted by Gasteiger charge is -2.30. The van der Waals surface area contributed by atoms with Crippen molar-refractivity contribution in [1.29, 1.82) is 0 Å². The van der Waals surface area contributed by atoms with E-state index >= 15 is 0 Å². The fourth-order valence-electron chi connectivity index (χ4n) is 3.60. The van der Waals surface area contributed by atoms with Gasteiger partial charge >= 0.3 is 5.69 Å². The van der Waals surface area contributed by atoms with Crippen LogP contribution in [0.1, 0.15) is 13.3 Å². The summed E-state index contributed by atoms with van der Waals surface area (Å²) in [6, 6.07) is -0.583. The zero-order valence-corrected chi connectivity index (χ0v) is 16.4. The van der Waals surface area contributed by atoms with Gasteiger partial charge < -0.3 is 14.2 Å². The Morgan fingerprint density at radius 3 is 2.56 bits per heavy atom. The van der Waals surface area contributed by atoms with Crippen LogP contribution in [0.5, 0.6) is 0 Å². The molecular weight excluding hydrogens is 376 g/mol. The van der Waals surface area contributed by atoms with Gasteiger partial charge in [-0.25, -0.2) is 13.2 Å². The van der Waals surface area contributed by atoms with Crippen molar-refractivity contribution in [1.82, 2.24) is 18.3 Å². The SMILES string of the molecule is CCC(=O)N1C[C@@H]2COC[C@H](C1)N(S(=O)(=O)c1cn(C)c(=O)n(C)c1=O)C2. The van der Waals surface area contributed by atoms with E-state index in [1.54, 1.807) is 11.8 Å². The lowest BCUT2D eigenvalue weighted by atomic mass is 10.1. The number of carbonyl (C=O) groups excluding carboxylic acids is 1. The Hall–Kier alpha value is -1.98. The number of aromatic nitrogens is 2. The molecule has 2 aliphatic heterocycles. The molecule has 0 aromatic carbocycles. The number of nitrogens with zero attached hydrogens (tertiary/aromatic N) is 4. The van der Waals surface area contributed by atoms with Crippen molar-refractivity contribution in [2.75, 3.05) is 32.8 Å². The minimum Gasteiger partial charge on any atom is -0.379 e. The average molecular weight is 400 g/mol. The monoisotopic (exact) mass is 400 g/mol. The van der Waals surface area contributed by atoms with Gasteiger partial charge in [0.15, 0.2) is 4.90 Å². The van der Waals surface area contributed by atoms with Crippen molar-refractivity contribution in [3.63, 3.8) is 0 Å². The molecule has 3 heterocycles. The number of amides is 1. The van der Waals surface area contributed by atoms with Crippen molar-refractivity contribution in [2.24, 2.45) is 20.0 Å². The van der Waals surface area contributed by atoms with Gasteiger partial charge in [0.05, 0.1) is 19.3 Å². The van der Waals surface area contributed by atoms with E-state index in [0.29, 0.717) is 19.6 Å². The number of ether oxygens (including phenoxy) is 1. The lowest BCUT2D eigenvalue weighted by molar-refractivity contribution is -0.132. The van der Waals surface area contributed by atoms with Gasteiger partial charge in [-0.2, -0.15) is 4.31 Å². The van der Waals surface area contributed by atoms with Crippen molar-refractivity contribution in [3.8, 4) is 0 Å². The Kier molecular flexibility index (Phi) is 5.28. The third-order valence-electron chi connectivity index (χ3n) is 5.08. The summed E-state index contributed by atoms with van der Waals surface area (Å²) in [6.07, 6.45) is 1.40. The van der Waals surface area contributed by atoms with E-state index in [9.17, 15) is 22.8 Å². The summed E-state index contributed by atoms with van der Waals surface area (Å²) in [5.41, 5.74) is -1.46. The molecule has 2 atom stereocenters. The maximum atomic E-state index is 13.3. The fraction of sp³-hybridized carbons (Fsp3) is 0.688. The lowest BCUT2D eigenvalue weighted by Crippen LogP contribution is -2.49. The molecule has 3 rings (SSSR count). The fourth-order valence-corrected chi connectivity index (χ4v) is 5.43. The number of carbonyl (C=O) groups is 1. The third kappa shape index (κ3) is 3.46. The van der Waals surface area contributed by atoms with Crippen LogP contribution >= 0.6 is 0 Å². The quantitative estimate of drug-likeness (QED) is 0.601. The Morgan fingerprint density at radius 1 is 1.19 bits per heavy atom. The highest BCUT2D eigenvalue weighted by molar-refractivity contribution is 7.89. The van der Waals surface area contributed by atoms with Crippen molar-refractivity contribution in [3.05, 3.63) is 27.0 Å². The average Bonchev–Trinajstić information content (AvgIpc) is 2.93. The molecule has 10 nitrogen and oxygen atoms in total. The normalized spacial score (nSPS) is 23.9. The summed E-state index contributed by atoms with van der Waals surface area (Å²) in [5, 5.41) is 0. The van der Waals surface area contributed by atoms with Crippen LogP contribution in [-0.2, 0) is 33.7 Å². The van der Waals surface area contributed by atoms with Crippen LogP contribution in [0.4, 0.5) is 0 Å². The first-order valence-corrected chi connectivity index (χ1v) is 10.2. The molecule has 2 bridgehead atoms. The van der Waals surface area contributed by atoms with Crippen LogP contribution < -0.4 is 11.2 Å². The zero-order valence-electron chi connectivity index (χ0n) is 15.6. The summed E-state index contributed by atoms with van der Waals surface area (Å²) >= 11 is 0. The van der Waals surface area contributed by atoms with Crippen LogP contribution in [0.2, 0.25) is 0 Å². The number of hydrogen-bond acceptors (Lipinski definition) is 6. The molecule has 1 amide bonds. The summed E-state index contributed by atoms with van der Waals surface area (Å²) < 4.78 is 35.3. The second-order valence-corrected chi connectivity index (χ2v) is 8.89. The molecule has 11 heteroatoms. The molecule has 150 valence electrons. The van der Waals surface area contributed by atoms with E-state index in [-0.39, 0.29) is 31.5 Å². The van der Waals surface area contributed by atoms with Crippen LogP contribution in [0, 0.1) is 5.92 Å². The molecule has 2 saturated heterocycles. The molecular formula is C16H24N4O6S. The first-order valence-electron chi connectivity index (χ1n) is 8.80. The highest BCUT2D eigenvalue weighted by Crippen LogP contribution is 2.25. The molecule has 0 spiro atoms. The van der Waals surface area contributed by atoms with E-state index in [1.165, 1.54) is 18.4 Å². The third-order valence-corrected chi connectivity index (χ3v) is 6.98. The Labute approximate surface area is 157 Å². The van der Waals surface area contributed by atoms with Gasteiger partial charge in [0.25, 0.3) is 5.56 Å². The van der Waals surface area contributed by atoms with Crippen LogP contribution in [-0.4, -0.2) is 71.6 Å². The first-order chi connectivity index (χ1) is 12.7. The highest BCUT2D eigenvalue weighted by Gasteiger charge is 2.42. The predicted molar refractivity (Wildman–Crippen MR) is 95.8 cm³/mol. The molecule has 1 aromatic rings.